The minimum absolute atomic E-state index is 0.177. The van der Waals surface area contributed by atoms with Crippen molar-refractivity contribution >= 4 is 35.2 Å². The zero-order valence-corrected chi connectivity index (χ0v) is 19.3. The minimum atomic E-state index is -0.504. The first kappa shape index (κ1) is 22.9. The monoisotopic (exact) mass is 459 g/mol. The first-order chi connectivity index (χ1) is 14.7. The SMILES string of the molecule is CC(=O)OOc1ccc(C=CCc2nc(-c3ccc(Cl)cc3Cl)oc2C(C)C)cc1C. The first-order valence-electron chi connectivity index (χ1n) is 9.82. The van der Waals surface area contributed by atoms with Crippen molar-refractivity contribution in [3.05, 3.63) is 75.1 Å². The van der Waals surface area contributed by atoms with Gasteiger partial charge in [0, 0.05) is 24.3 Å². The van der Waals surface area contributed by atoms with Crippen molar-refractivity contribution in [3.8, 4) is 17.2 Å². The molecule has 0 saturated heterocycles. The van der Waals surface area contributed by atoms with Crippen LogP contribution in [-0.4, -0.2) is 11.0 Å². The number of oxazole rings is 1. The standard InChI is InChI=1S/C24H23Cl2NO4/c1-14(2)23-21(27-24(29-23)19-10-9-18(25)13-20(19)26)7-5-6-17-8-11-22(15(3)12-17)31-30-16(4)28/h5-6,8-14H,7H2,1-4H3. The third-order valence-electron chi connectivity index (χ3n) is 4.48. The quantitative estimate of drug-likeness (QED) is 0.276. The third kappa shape index (κ3) is 5.90. The van der Waals surface area contributed by atoms with Gasteiger partial charge in [-0.2, -0.15) is 0 Å². The van der Waals surface area contributed by atoms with Crippen molar-refractivity contribution in [1.82, 2.24) is 4.98 Å². The molecule has 5 nitrogen and oxygen atoms in total. The van der Waals surface area contributed by atoms with Crippen LogP contribution in [0.1, 0.15) is 49.3 Å². The summed E-state index contributed by atoms with van der Waals surface area (Å²) in [4.78, 5) is 25.2. The molecule has 2 aromatic carbocycles. The molecule has 0 aliphatic carbocycles. The van der Waals surface area contributed by atoms with Gasteiger partial charge in [-0.25, -0.2) is 9.78 Å². The Morgan fingerprint density at radius 2 is 1.97 bits per heavy atom. The van der Waals surface area contributed by atoms with Gasteiger partial charge in [0.15, 0.2) is 5.75 Å². The van der Waals surface area contributed by atoms with E-state index in [9.17, 15) is 4.79 Å². The molecule has 0 unspecified atom stereocenters. The van der Waals surface area contributed by atoms with E-state index in [4.69, 9.17) is 32.5 Å². The predicted octanol–water partition coefficient (Wildman–Crippen LogP) is 7.19. The lowest BCUT2D eigenvalue weighted by molar-refractivity contribution is -0.211. The Bertz CT molecular complexity index is 1120. The molecule has 0 N–H and O–H groups in total. The lowest BCUT2D eigenvalue weighted by Crippen LogP contribution is -2.03. The van der Waals surface area contributed by atoms with Gasteiger partial charge < -0.3 is 4.42 Å². The summed E-state index contributed by atoms with van der Waals surface area (Å²) >= 11 is 12.3. The van der Waals surface area contributed by atoms with Crippen LogP contribution in [0.15, 0.2) is 46.9 Å². The van der Waals surface area contributed by atoms with Gasteiger partial charge in [-0.15, -0.1) is 0 Å². The second-order valence-corrected chi connectivity index (χ2v) is 8.24. The molecule has 162 valence electrons. The first-order valence-corrected chi connectivity index (χ1v) is 10.6. The van der Waals surface area contributed by atoms with Gasteiger partial charge >= 0.3 is 5.97 Å². The number of aryl methyl sites for hydroxylation is 1. The summed E-state index contributed by atoms with van der Waals surface area (Å²) < 4.78 is 6.04. The van der Waals surface area contributed by atoms with Crippen LogP contribution >= 0.6 is 23.2 Å². The summed E-state index contributed by atoms with van der Waals surface area (Å²) in [6.07, 6.45) is 4.63. The largest absolute Gasteiger partial charge is 0.441 e. The van der Waals surface area contributed by atoms with Crippen molar-refractivity contribution in [2.24, 2.45) is 0 Å². The molecule has 0 saturated carbocycles. The highest BCUT2D eigenvalue weighted by atomic mass is 35.5. The summed E-state index contributed by atoms with van der Waals surface area (Å²) in [5.41, 5.74) is 3.41. The van der Waals surface area contributed by atoms with Crippen molar-refractivity contribution in [1.29, 1.82) is 0 Å². The zero-order valence-electron chi connectivity index (χ0n) is 17.7. The van der Waals surface area contributed by atoms with Crippen LogP contribution < -0.4 is 4.89 Å². The lowest BCUT2D eigenvalue weighted by atomic mass is 10.1. The van der Waals surface area contributed by atoms with Gasteiger partial charge in [-0.1, -0.05) is 55.3 Å². The molecular weight excluding hydrogens is 437 g/mol. The van der Waals surface area contributed by atoms with Gasteiger partial charge in [0.1, 0.15) is 5.76 Å². The summed E-state index contributed by atoms with van der Waals surface area (Å²) in [5.74, 6) is 1.48. The number of aromatic nitrogens is 1. The summed E-state index contributed by atoms with van der Waals surface area (Å²) in [5, 5.41) is 1.06. The topological polar surface area (TPSA) is 61.6 Å². The van der Waals surface area contributed by atoms with E-state index in [1.807, 2.05) is 37.3 Å². The van der Waals surface area contributed by atoms with E-state index in [-0.39, 0.29) is 5.92 Å². The Morgan fingerprint density at radius 3 is 2.61 bits per heavy atom. The van der Waals surface area contributed by atoms with Crippen molar-refractivity contribution in [2.75, 3.05) is 0 Å². The average molecular weight is 460 g/mol. The molecule has 1 heterocycles. The molecule has 1 aromatic heterocycles. The Kier molecular flexibility index (Phi) is 7.42. The summed E-state index contributed by atoms with van der Waals surface area (Å²) in [6, 6.07) is 10.8. The zero-order chi connectivity index (χ0) is 22.5. The molecule has 0 spiro atoms. The molecule has 3 rings (SSSR count). The second kappa shape index (κ2) is 10.0. The maximum atomic E-state index is 10.9. The predicted molar refractivity (Wildman–Crippen MR) is 122 cm³/mol. The van der Waals surface area contributed by atoms with Crippen LogP contribution in [0, 0.1) is 6.92 Å². The van der Waals surface area contributed by atoms with Crippen molar-refractivity contribution in [3.63, 3.8) is 0 Å². The number of benzene rings is 2. The fourth-order valence-corrected chi connectivity index (χ4v) is 3.51. The maximum absolute atomic E-state index is 10.9. The van der Waals surface area contributed by atoms with E-state index in [1.54, 1.807) is 18.2 Å². The van der Waals surface area contributed by atoms with Gasteiger partial charge in [-0.3, -0.25) is 9.78 Å². The van der Waals surface area contributed by atoms with Gasteiger partial charge in [0.2, 0.25) is 5.89 Å². The number of hydrogen-bond acceptors (Lipinski definition) is 5. The van der Waals surface area contributed by atoms with Crippen LogP contribution in [0.2, 0.25) is 10.0 Å². The molecule has 7 heteroatoms. The average Bonchev–Trinajstić information content (AvgIpc) is 3.11. The van der Waals surface area contributed by atoms with E-state index >= 15 is 0 Å². The molecule has 0 amide bonds. The molecular formula is C24H23Cl2NO4. The molecule has 0 radical (unpaired) electrons. The number of halogens is 2. The van der Waals surface area contributed by atoms with Gasteiger partial charge in [-0.05, 0) is 48.4 Å². The van der Waals surface area contributed by atoms with Crippen LogP contribution in [0.5, 0.6) is 5.75 Å². The molecule has 0 aliphatic rings. The van der Waals surface area contributed by atoms with Crippen molar-refractivity contribution < 1.29 is 19.0 Å². The van der Waals surface area contributed by atoms with Crippen LogP contribution in [0.4, 0.5) is 0 Å². The fourth-order valence-electron chi connectivity index (χ4n) is 3.02. The van der Waals surface area contributed by atoms with E-state index in [1.165, 1.54) is 6.92 Å². The lowest BCUT2D eigenvalue weighted by Gasteiger charge is -2.06. The second-order valence-electron chi connectivity index (χ2n) is 7.40. The molecule has 0 fully saturated rings. The van der Waals surface area contributed by atoms with Crippen LogP contribution in [-0.2, 0) is 16.1 Å². The number of allylic oxidation sites excluding steroid dienone is 1. The van der Waals surface area contributed by atoms with E-state index in [2.05, 4.69) is 23.7 Å². The van der Waals surface area contributed by atoms with Gasteiger partial charge in [0.05, 0.1) is 16.3 Å². The molecule has 0 aliphatic heterocycles. The Morgan fingerprint density at radius 1 is 1.19 bits per heavy atom. The maximum Gasteiger partial charge on any atom is 0.352 e. The van der Waals surface area contributed by atoms with Crippen LogP contribution in [0.25, 0.3) is 17.5 Å². The molecule has 0 bridgehead atoms. The number of nitrogens with zero attached hydrogens (tertiary/aromatic N) is 1. The number of carbonyl (C=O) groups excluding carboxylic acids is 1. The van der Waals surface area contributed by atoms with Crippen LogP contribution in [0.3, 0.4) is 0 Å². The Balaban J connectivity index is 1.78. The minimum Gasteiger partial charge on any atom is -0.441 e. The number of carbonyl (C=O) groups is 1. The molecule has 31 heavy (non-hydrogen) atoms. The highest BCUT2D eigenvalue weighted by Crippen LogP contribution is 2.33. The van der Waals surface area contributed by atoms with E-state index in [0.29, 0.717) is 33.7 Å². The normalized spacial score (nSPS) is 11.3. The highest BCUT2D eigenvalue weighted by Gasteiger charge is 2.18. The number of rotatable bonds is 7. The van der Waals surface area contributed by atoms with Gasteiger partial charge in [0.25, 0.3) is 0 Å². The fraction of sp³-hybridized carbons (Fsp3) is 0.250. The molecule has 0 atom stereocenters. The Hall–Kier alpha value is -2.76. The van der Waals surface area contributed by atoms with Crippen molar-refractivity contribution in [2.45, 2.75) is 40.0 Å². The highest BCUT2D eigenvalue weighted by molar-refractivity contribution is 6.36. The van der Waals surface area contributed by atoms with E-state index < -0.39 is 5.97 Å². The smallest absolute Gasteiger partial charge is 0.352 e. The number of hydrogen-bond donors (Lipinski definition) is 0. The summed E-state index contributed by atoms with van der Waals surface area (Å²) in [7, 11) is 0. The summed E-state index contributed by atoms with van der Waals surface area (Å²) in [6.45, 7) is 7.29. The molecule has 3 aromatic rings. The van der Waals surface area contributed by atoms with E-state index in [0.717, 1.165) is 22.6 Å². The Labute approximate surface area is 191 Å². The third-order valence-corrected chi connectivity index (χ3v) is 5.03.